The fraction of sp³-hybridized carbons (Fsp3) is 1.00. The van der Waals surface area contributed by atoms with Crippen molar-refractivity contribution < 1.29 is 0 Å². The summed E-state index contributed by atoms with van der Waals surface area (Å²) in [5.41, 5.74) is 0. The van der Waals surface area contributed by atoms with E-state index in [4.69, 9.17) is 0 Å². The van der Waals surface area contributed by atoms with Crippen molar-refractivity contribution in [3.05, 3.63) is 0 Å². The largest absolute Gasteiger partial charge is 0.150 e. The molecule has 0 aliphatic carbocycles. The number of rotatable bonds is 1. The number of hydrogen-bond donors (Lipinski definition) is 0. The van der Waals surface area contributed by atoms with Crippen molar-refractivity contribution in [2.24, 2.45) is 0 Å². The Balaban J connectivity index is 2.18. The summed E-state index contributed by atoms with van der Waals surface area (Å²) in [4.78, 5) is 0. The van der Waals surface area contributed by atoms with Crippen LogP contribution in [0, 0.1) is 0 Å². The Hall–Kier alpha value is 1.05. The van der Waals surface area contributed by atoms with Gasteiger partial charge in [0.05, 0.1) is 4.58 Å². The van der Waals surface area contributed by atoms with Crippen molar-refractivity contribution in [3.63, 3.8) is 0 Å². The van der Waals surface area contributed by atoms with Gasteiger partial charge in [-0.3, -0.25) is 0 Å². The molecule has 0 aromatic heterocycles. The molecule has 0 bridgehead atoms. The number of thioether (sulfide) groups is 1. The first-order chi connectivity index (χ1) is 4.43. The van der Waals surface area contributed by atoms with Crippen LogP contribution in [-0.4, -0.2) is 16.6 Å². The summed E-state index contributed by atoms with van der Waals surface area (Å²) in [5, 5.41) is 0. The Kier molecular flexibility index (Phi) is 4.35. The lowest BCUT2D eigenvalue weighted by Gasteiger charge is -2.06. The van der Waals surface area contributed by atoms with Gasteiger partial charge in [0, 0.05) is 5.75 Å². The molecule has 0 radical (unpaired) electrons. The van der Waals surface area contributed by atoms with Gasteiger partial charge < -0.3 is 0 Å². The van der Waals surface area contributed by atoms with E-state index >= 15 is 0 Å². The Morgan fingerprint density at radius 1 is 1.44 bits per heavy atom. The summed E-state index contributed by atoms with van der Waals surface area (Å²) in [5.74, 6) is 1.36. The van der Waals surface area contributed by atoms with Crippen LogP contribution in [0.3, 0.4) is 0 Å². The van der Waals surface area contributed by atoms with Crippen LogP contribution in [0.5, 0.6) is 0 Å². The molecular weight excluding hydrogens is 168 g/mol. The molecule has 0 aromatic carbocycles. The Labute approximate surface area is 69.3 Å². The van der Waals surface area contributed by atoms with Crippen molar-refractivity contribution in [1.82, 2.24) is 0 Å². The normalized spacial score (nSPS) is 29.7. The average molecular weight is 180 g/mol. The zero-order chi connectivity index (χ0) is 6.53. The van der Waals surface area contributed by atoms with Crippen molar-refractivity contribution >= 4 is 33.3 Å². The summed E-state index contributed by atoms with van der Waals surface area (Å²) in [6, 6.07) is 0. The molecule has 0 spiro atoms. The van der Waals surface area contributed by atoms with Gasteiger partial charge in [-0.2, -0.15) is 11.8 Å². The fourth-order valence-corrected chi connectivity index (χ4v) is 4.94. The van der Waals surface area contributed by atoms with Crippen molar-refractivity contribution in [2.45, 2.75) is 23.8 Å². The van der Waals surface area contributed by atoms with Crippen LogP contribution in [0.15, 0.2) is 0 Å². The molecule has 1 heterocycles. The van der Waals surface area contributed by atoms with E-state index < -0.39 is 0 Å². The van der Waals surface area contributed by atoms with Gasteiger partial charge >= 0.3 is 0 Å². The molecular formula is C6H12S3. The highest BCUT2D eigenvalue weighted by atomic mass is 33.1. The Morgan fingerprint density at radius 2 is 2.33 bits per heavy atom. The van der Waals surface area contributed by atoms with Gasteiger partial charge in [-0.25, -0.2) is 0 Å². The van der Waals surface area contributed by atoms with E-state index in [2.05, 4.69) is 17.0 Å². The predicted octanol–water partition coefficient (Wildman–Crippen LogP) is 3.24. The van der Waals surface area contributed by atoms with Crippen molar-refractivity contribution in [3.8, 4) is 0 Å². The van der Waals surface area contributed by atoms with Gasteiger partial charge in [0.25, 0.3) is 0 Å². The SMILES string of the molecule is CSC1CCCCSS1. The molecule has 1 fully saturated rings. The molecule has 3 heteroatoms. The number of hydrogen-bond acceptors (Lipinski definition) is 3. The second kappa shape index (κ2) is 4.80. The molecule has 0 N–H and O–H groups in total. The Bertz CT molecular complexity index is 66.7. The molecule has 0 aromatic rings. The summed E-state index contributed by atoms with van der Waals surface area (Å²) in [7, 11) is 4.11. The molecule has 9 heavy (non-hydrogen) atoms. The van der Waals surface area contributed by atoms with E-state index in [1.807, 2.05) is 22.6 Å². The van der Waals surface area contributed by atoms with Crippen LogP contribution in [0.25, 0.3) is 0 Å². The molecule has 54 valence electrons. The summed E-state index contributed by atoms with van der Waals surface area (Å²) in [6.07, 6.45) is 6.49. The first kappa shape index (κ1) is 8.15. The van der Waals surface area contributed by atoms with Gasteiger partial charge in [0.2, 0.25) is 0 Å². The lowest BCUT2D eigenvalue weighted by Crippen LogP contribution is -1.90. The lowest BCUT2D eigenvalue weighted by molar-refractivity contribution is 0.776. The van der Waals surface area contributed by atoms with E-state index in [0.717, 1.165) is 4.58 Å². The Morgan fingerprint density at radius 3 is 3.11 bits per heavy atom. The molecule has 1 aliphatic rings. The molecule has 1 unspecified atom stereocenters. The highest BCUT2D eigenvalue weighted by Crippen LogP contribution is 2.38. The molecule has 1 aliphatic heterocycles. The monoisotopic (exact) mass is 180 g/mol. The average Bonchev–Trinajstić information content (AvgIpc) is 2.13. The summed E-state index contributed by atoms with van der Waals surface area (Å²) >= 11 is 2.00. The standard InChI is InChI=1S/C6H12S3/c1-7-6-4-2-3-5-8-9-6/h6H,2-5H2,1H3. The smallest absolute Gasteiger partial charge is 0.0603 e. The lowest BCUT2D eigenvalue weighted by atomic mass is 10.3. The van der Waals surface area contributed by atoms with Gasteiger partial charge in [-0.15, -0.1) is 0 Å². The van der Waals surface area contributed by atoms with E-state index in [1.54, 1.807) is 0 Å². The maximum absolute atomic E-state index is 2.21. The molecule has 0 amide bonds. The van der Waals surface area contributed by atoms with Crippen LogP contribution in [-0.2, 0) is 0 Å². The van der Waals surface area contributed by atoms with Crippen LogP contribution >= 0.6 is 33.3 Å². The van der Waals surface area contributed by atoms with Gasteiger partial charge in [0.1, 0.15) is 0 Å². The van der Waals surface area contributed by atoms with Gasteiger partial charge in [-0.1, -0.05) is 28.0 Å². The topological polar surface area (TPSA) is 0 Å². The minimum absolute atomic E-state index is 0.873. The molecule has 0 saturated carbocycles. The highest BCUT2D eigenvalue weighted by molar-refractivity contribution is 8.78. The van der Waals surface area contributed by atoms with Crippen molar-refractivity contribution in [1.29, 1.82) is 0 Å². The summed E-state index contributed by atoms with van der Waals surface area (Å²) < 4.78 is 0.873. The first-order valence-electron chi connectivity index (χ1n) is 3.24. The zero-order valence-corrected chi connectivity index (χ0v) is 8.08. The highest BCUT2D eigenvalue weighted by Gasteiger charge is 2.10. The quantitative estimate of drug-likeness (QED) is 0.569. The van der Waals surface area contributed by atoms with E-state index in [-0.39, 0.29) is 0 Å². The first-order valence-corrected chi connectivity index (χ1v) is 6.91. The minimum atomic E-state index is 0.873. The van der Waals surface area contributed by atoms with E-state index in [1.165, 1.54) is 25.0 Å². The molecule has 1 saturated heterocycles. The fourth-order valence-electron chi connectivity index (χ4n) is 0.801. The third-order valence-corrected chi connectivity index (χ3v) is 6.00. The van der Waals surface area contributed by atoms with Gasteiger partial charge in [0.15, 0.2) is 0 Å². The molecule has 0 nitrogen and oxygen atoms in total. The minimum Gasteiger partial charge on any atom is -0.150 e. The molecule has 1 atom stereocenters. The van der Waals surface area contributed by atoms with Gasteiger partial charge in [-0.05, 0) is 19.1 Å². The second-order valence-electron chi connectivity index (χ2n) is 2.08. The predicted molar refractivity (Wildman–Crippen MR) is 51.2 cm³/mol. The van der Waals surface area contributed by atoms with Crippen molar-refractivity contribution in [2.75, 3.05) is 12.0 Å². The van der Waals surface area contributed by atoms with Crippen LogP contribution < -0.4 is 0 Å². The van der Waals surface area contributed by atoms with Crippen LogP contribution in [0.4, 0.5) is 0 Å². The van der Waals surface area contributed by atoms with E-state index in [0.29, 0.717) is 0 Å². The maximum atomic E-state index is 2.21. The third-order valence-electron chi connectivity index (χ3n) is 1.36. The maximum Gasteiger partial charge on any atom is 0.0603 e. The summed E-state index contributed by atoms with van der Waals surface area (Å²) in [6.45, 7) is 0. The second-order valence-corrected chi connectivity index (χ2v) is 6.11. The van der Waals surface area contributed by atoms with Crippen LogP contribution in [0.1, 0.15) is 19.3 Å². The third kappa shape index (κ3) is 3.10. The zero-order valence-electron chi connectivity index (χ0n) is 5.63. The van der Waals surface area contributed by atoms with Crippen LogP contribution in [0.2, 0.25) is 0 Å². The van der Waals surface area contributed by atoms with E-state index in [9.17, 15) is 0 Å². The molecule has 1 rings (SSSR count).